The number of aromatic nitrogens is 2. The van der Waals surface area contributed by atoms with Crippen LogP contribution >= 0.6 is 0 Å². The Balaban J connectivity index is 2.11. The third kappa shape index (κ3) is 4.58. The van der Waals surface area contributed by atoms with E-state index in [4.69, 9.17) is 0 Å². The lowest BCUT2D eigenvalue weighted by Gasteiger charge is -2.17. The SMILES string of the molecule is CCCCCNC(=O)c1nc(C(=O)NCCCC)n2c1CCCC2. The molecule has 1 aromatic heterocycles. The van der Waals surface area contributed by atoms with Gasteiger partial charge in [0, 0.05) is 19.6 Å². The Kier molecular flexibility index (Phi) is 7.28. The van der Waals surface area contributed by atoms with Crippen molar-refractivity contribution in [2.45, 2.75) is 71.8 Å². The van der Waals surface area contributed by atoms with Crippen LogP contribution in [0.15, 0.2) is 0 Å². The molecule has 1 aromatic rings. The van der Waals surface area contributed by atoms with Crippen molar-refractivity contribution in [3.8, 4) is 0 Å². The van der Waals surface area contributed by atoms with Gasteiger partial charge in [0.05, 0.1) is 5.69 Å². The van der Waals surface area contributed by atoms with Crippen LogP contribution in [0.1, 0.15) is 85.6 Å². The fourth-order valence-electron chi connectivity index (χ4n) is 3.02. The first-order valence-corrected chi connectivity index (χ1v) is 9.34. The minimum absolute atomic E-state index is 0.149. The summed E-state index contributed by atoms with van der Waals surface area (Å²) in [5.74, 6) is 0.0699. The van der Waals surface area contributed by atoms with Crippen LogP contribution in [-0.4, -0.2) is 34.5 Å². The zero-order chi connectivity index (χ0) is 17.4. The minimum atomic E-state index is -0.170. The second-order valence-electron chi connectivity index (χ2n) is 6.41. The molecule has 6 nitrogen and oxygen atoms in total. The van der Waals surface area contributed by atoms with Gasteiger partial charge in [-0.2, -0.15) is 0 Å². The summed E-state index contributed by atoms with van der Waals surface area (Å²) in [6.07, 6.45) is 8.06. The molecule has 0 aromatic carbocycles. The average molecular weight is 334 g/mol. The molecule has 0 bridgehead atoms. The smallest absolute Gasteiger partial charge is 0.287 e. The summed E-state index contributed by atoms with van der Waals surface area (Å²) in [6, 6.07) is 0. The van der Waals surface area contributed by atoms with Crippen LogP contribution in [-0.2, 0) is 13.0 Å². The molecule has 2 amide bonds. The summed E-state index contributed by atoms with van der Waals surface area (Å²) in [6.45, 7) is 6.30. The molecule has 0 fully saturated rings. The zero-order valence-electron chi connectivity index (χ0n) is 15.0. The number of nitrogens with one attached hydrogen (secondary N) is 2. The van der Waals surface area contributed by atoms with E-state index in [0.29, 0.717) is 24.6 Å². The van der Waals surface area contributed by atoms with Gasteiger partial charge in [-0.3, -0.25) is 9.59 Å². The monoisotopic (exact) mass is 334 g/mol. The maximum absolute atomic E-state index is 12.5. The molecule has 2 rings (SSSR count). The first-order valence-electron chi connectivity index (χ1n) is 9.34. The highest BCUT2D eigenvalue weighted by Crippen LogP contribution is 2.21. The van der Waals surface area contributed by atoms with E-state index in [2.05, 4.69) is 29.5 Å². The molecule has 0 saturated carbocycles. The normalized spacial score (nSPS) is 13.4. The molecule has 0 saturated heterocycles. The number of carbonyl (C=O) groups is 2. The molecule has 134 valence electrons. The van der Waals surface area contributed by atoms with Crippen molar-refractivity contribution >= 4 is 11.8 Å². The molecule has 0 atom stereocenters. The van der Waals surface area contributed by atoms with Gasteiger partial charge in [0.2, 0.25) is 0 Å². The predicted molar refractivity (Wildman–Crippen MR) is 94.3 cm³/mol. The second kappa shape index (κ2) is 9.45. The van der Waals surface area contributed by atoms with E-state index >= 15 is 0 Å². The van der Waals surface area contributed by atoms with Crippen molar-refractivity contribution < 1.29 is 9.59 Å². The number of hydrogen-bond donors (Lipinski definition) is 2. The lowest BCUT2D eigenvalue weighted by atomic mass is 10.1. The van der Waals surface area contributed by atoms with E-state index in [-0.39, 0.29) is 11.8 Å². The van der Waals surface area contributed by atoms with Crippen molar-refractivity contribution in [2.24, 2.45) is 0 Å². The Labute approximate surface area is 144 Å². The summed E-state index contributed by atoms with van der Waals surface area (Å²) >= 11 is 0. The molecule has 0 aliphatic carbocycles. The van der Waals surface area contributed by atoms with Gasteiger partial charge >= 0.3 is 0 Å². The van der Waals surface area contributed by atoms with Crippen molar-refractivity contribution in [3.05, 3.63) is 17.2 Å². The Bertz CT molecular complexity index is 566. The van der Waals surface area contributed by atoms with Crippen molar-refractivity contribution in [2.75, 3.05) is 13.1 Å². The quantitative estimate of drug-likeness (QED) is 0.682. The number of unbranched alkanes of at least 4 members (excludes halogenated alkanes) is 3. The van der Waals surface area contributed by atoms with Gasteiger partial charge in [0.15, 0.2) is 5.82 Å². The van der Waals surface area contributed by atoms with Crippen molar-refractivity contribution in [1.29, 1.82) is 0 Å². The van der Waals surface area contributed by atoms with Crippen LogP contribution in [0.4, 0.5) is 0 Å². The summed E-state index contributed by atoms with van der Waals surface area (Å²) < 4.78 is 1.94. The van der Waals surface area contributed by atoms with Gasteiger partial charge in [-0.25, -0.2) is 4.98 Å². The molecule has 0 radical (unpaired) electrons. The number of fused-ring (bicyclic) bond motifs is 1. The largest absolute Gasteiger partial charge is 0.351 e. The number of carbonyl (C=O) groups excluding carboxylic acids is 2. The fraction of sp³-hybridized carbons (Fsp3) is 0.722. The molecule has 24 heavy (non-hydrogen) atoms. The van der Waals surface area contributed by atoms with Crippen LogP contribution in [0, 0.1) is 0 Å². The molecule has 2 heterocycles. The summed E-state index contributed by atoms with van der Waals surface area (Å²) in [5.41, 5.74) is 1.35. The fourth-order valence-corrected chi connectivity index (χ4v) is 3.02. The van der Waals surface area contributed by atoms with E-state index in [1.54, 1.807) is 0 Å². The molecule has 0 unspecified atom stereocenters. The molecule has 2 N–H and O–H groups in total. The minimum Gasteiger partial charge on any atom is -0.351 e. The van der Waals surface area contributed by atoms with Gasteiger partial charge in [0.25, 0.3) is 11.8 Å². The molecule has 0 spiro atoms. The molecular formula is C18H30N4O2. The summed E-state index contributed by atoms with van der Waals surface area (Å²) in [4.78, 5) is 29.3. The van der Waals surface area contributed by atoms with Gasteiger partial charge < -0.3 is 15.2 Å². The lowest BCUT2D eigenvalue weighted by Crippen LogP contribution is -2.28. The molecule has 1 aliphatic rings. The highest BCUT2D eigenvalue weighted by molar-refractivity contribution is 5.97. The molecule has 6 heteroatoms. The molecular weight excluding hydrogens is 304 g/mol. The number of hydrogen-bond acceptors (Lipinski definition) is 3. The average Bonchev–Trinajstić information content (AvgIpc) is 2.98. The van der Waals surface area contributed by atoms with Gasteiger partial charge in [-0.05, 0) is 32.1 Å². The number of rotatable bonds is 9. The predicted octanol–water partition coefficient (Wildman–Crippen LogP) is 2.67. The third-order valence-electron chi connectivity index (χ3n) is 4.42. The number of imidazole rings is 1. The van der Waals surface area contributed by atoms with Crippen molar-refractivity contribution in [3.63, 3.8) is 0 Å². The van der Waals surface area contributed by atoms with E-state index < -0.39 is 0 Å². The van der Waals surface area contributed by atoms with Crippen molar-refractivity contribution in [1.82, 2.24) is 20.2 Å². The first kappa shape index (κ1) is 18.5. The van der Waals surface area contributed by atoms with Crippen LogP contribution in [0.3, 0.4) is 0 Å². The Hall–Kier alpha value is -1.85. The number of nitrogens with zero attached hydrogens (tertiary/aromatic N) is 2. The zero-order valence-corrected chi connectivity index (χ0v) is 15.0. The lowest BCUT2D eigenvalue weighted by molar-refractivity contribution is 0.0937. The van der Waals surface area contributed by atoms with E-state index in [1.807, 2.05) is 4.57 Å². The van der Waals surface area contributed by atoms with E-state index in [1.165, 1.54) is 0 Å². The Morgan fingerprint density at radius 2 is 1.71 bits per heavy atom. The highest BCUT2D eigenvalue weighted by Gasteiger charge is 2.27. The topological polar surface area (TPSA) is 76.0 Å². The maximum Gasteiger partial charge on any atom is 0.287 e. The third-order valence-corrected chi connectivity index (χ3v) is 4.42. The second-order valence-corrected chi connectivity index (χ2v) is 6.41. The van der Waals surface area contributed by atoms with Crippen LogP contribution in [0.25, 0.3) is 0 Å². The summed E-state index contributed by atoms with van der Waals surface area (Å²) in [7, 11) is 0. The summed E-state index contributed by atoms with van der Waals surface area (Å²) in [5, 5.41) is 5.85. The van der Waals surface area contributed by atoms with Crippen LogP contribution in [0.5, 0.6) is 0 Å². The standard InChI is InChI=1S/C18H30N4O2/c1-3-5-8-12-19-17(23)15-14-10-7-9-13-22(14)16(21-15)18(24)20-11-6-4-2/h3-13H2,1-2H3,(H,19,23)(H,20,24). The highest BCUT2D eigenvalue weighted by atomic mass is 16.2. The van der Waals surface area contributed by atoms with Crippen LogP contribution in [0.2, 0.25) is 0 Å². The van der Waals surface area contributed by atoms with E-state index in [9.17, 15) is 9.59 Å². The maximum atomic E-state index is 12.5. The van der Waals surface area contributed by atoms with E-state index in [0.717, 1.165) is 63.6 Å². The molecule has 1 aliphatic heterocycles. The first-order chi connectivity index (χ1) is 11.7. The van der Waals surface area contributed by atoms with Gasteiger partial charge in [0.1, 0.15) is 5.69 Å². The van der Waals surface area contributed by atoms with Gasteiger partial charge in [-0.15, -0.1) is 0 Å². The van der Waals surface area contributed by atoms with Crippen LogP contribution < -0.4 is 10.6 Å². The Morgan fingerprint density at radius 1 is 1.00 bits per heavy atom. The number of amides is 2. The van der Waals surface area contributed by atoms with Gasteiger partial charge in [-0.1, -0.05) is 33.1 Å². The Morgan fingerprint density at radius 3 is 2.46 bits per heavy atom.